The number of thioether (sulfide) groups is 1. The van der Waals surface area contributed by atoms with Gasteiger partial charge in [0.2, 0.25) is 17.0 Å². The van der Waals surface area contributed by atoms with Crippen molar-refractivity contribution in [3.05, 3.63) is 30.3 Å². The second-order valence-electron chi connectivity index (χ2n) is 8.83. The molecule has 3 amide bonds. The van der Waals surface area contributed by atoms with Gasteiger partial charge in [-0.1, -0.05) is 41.9 Å². The summed E-state index contributed by atoms with van der Waals surface area (Å²) in [6.07, 6.45) is 2.16. The molecule has 1 aromatic carbocycles. The highest BCUT2D eigenvalue weighted by molar-refractivity contribution is 7.99. The summed E-state index contributed by atoms with van der Waals surface area (Å²) in [5.74, 6) is 2.35. The zero-order valence-corrected chi connectivity index (χ0v) is 20.4. The van der Waals surface area contributed by atoms with E-state index in [1.165, 1.54) is 28.6 Å². The van der Waals surface area contributed by atoms with Gasteiger partial charge in [0.15, 0.2) is 0 Å². The minimum Gasteiger partial charge on any atom is -0.270 e. The Kier molecular flexibility index (Phi) is 6.07. The zero-order valence-electron chi connectivity index (χ0n) is 19.5. The molecule has 0 N–H and O–H groups in total. The number of carbonyl (C=O) groups excluding carboxylic acids is 2. The molecule has 5 rings (SSSR count). The number of benzene rings is 1. The molecule has 2 saturated heterocycles. The van der Waals surface area contributed by atoms with Crippen molar-refractivity contribution in [2.75, 3.05) is 39.5 Å². The van der Waals surface area contributed by atoms with Gasteiger partial charge in [0, 0.05) is 19.8 Å². The van der Waals surface area contributed by atoms with Crippen molar-refractivity contribution in [2.24, 2.45) is 10.9 Å². The molecule has 0 saturated carbocycles. The van der Waals surface area contributed by atoms with E-state index >= 15 is 0 Å². The molecule has 0 aliphatic carbocycles. The van der Waals surface area contributed by atoms with E-state index in [-0.39, 0.29) is 11.9 Å². The Morgan fingerprint density at radius 1 is 1.09 bits per heavy atom. The van der Waals surface area contributed by atoms with Gasteiger partial charge in [0.1, 0.15) is 0 Å². The third-order valence-corrected chi connectivity index (χ3v) is 7.48. The van der Waals surface area contributed by atoms with Crippen molar-refractivity contribution in [2.45, 2.75) is 31.0 Å². The lowest BCUT2D eigenvalue weighted by Crippen LogP contribution is -2.63. The summed E-state index contributed by atoms with van der Waals surface area (Å²) in [6, 6.07) is 8.78. The Labute approximate surface area is 202 Å². The van der Waals surface area contributed by atoms with Gasteiger partial charge in [0.25, 0.3) is 5.91 Å². The summed E-state index contributed by atoms with van der Waals surface area (Å²) < 4.78 is 3.95. The molecule has 1 aromatic heterocycles. The average Bonchev–Trinajstić information content (AvgIpc) is 3.48. The van der Waals surface area contributed by atoms with E-state index in [4.69, 9.17) is 4.99 Å². The number of guanidine groups is 1. The van der Waals surface area contributed by atoms with Crippen molar-refractivity contribution in [3.63, 3.8) is 0 Å². The van der Waals surface area contributed by atoms with Crippen LogP contribution in [0.5, 0.6) is 0 Å². The predicted molar refractivity (Wildman–Crippen MR) is 127 cm³/mol. The van der Waals surface area contributed by atoms with Crippen LogP contribution in [0.15, 0.2) is 40.5 Å². The number of hydrogen-bond donors (Lipinski definition) is 0. The lowest BCUT2D eigenvalue weighted by Gasteiger charge is -2.33. The molecule has 0 bridgehead atoms. The third kappa shape index (κ3) is 3.95. The van der Waals surface area contributed by atoms with Crippen LogP contribution in [0.2, 0.25) is 0 Å². The molecular weight excluding hydrogens is 454 g/mol. The summed E-state index contributed by atoms with van der Waals surface area (Å²) in [5, 5.41) is 12.8. The SMILES string of the molecule is CC1CC[N+](=C2N=C3C(C(=O)N(C)C(=O)N3C)N2CCSc2nnnn2-c2ccccc2)CC1. The van der Waals surface area contributed by atoms with Crippen molar-refractivity contribution in [3.8, 4) is 5.69 Å². The number of urea groups is 1. The number of amides is 3. The van der Waals surface area contributed by atoms with E-state index in [2.05, 4.69) is 27.0 Å². The summed E-state index contributed by atoms with van der Waals surface area (Å²) in [4.78, 5) is 35.2. The molecule has 3 aliphatic rings. The number of nitrogens with zero attached hydrogens (tertiary/aromatic N) is 9. The monoisotopic (exact) mass is 482 g/mol. The molecule has 2 fully saturated rings. The van der Waals surface area contributed by atoms with Gasteiger partial charge in [-0.2, -0.15) is 4.68 Å². The van der Waals surface area contributed by atoms with Crippen LogP contribution in [0.25, 0.3) is 5.69 Å². The molecule has 34 heavy (non-hydrogen) atoms. The summed E-state index contributed by atoms with van der Waals surface area (Å²) in [7, 11) is 3.21. The molecule has 1 atom stereocenters. The van der Waals surface area contributed by atoms with Gasteiger partial charge < -0.3 is 0 Å². The van der Waals surface area contributed by atoms with Gasteiger partial charge in [0.05, 0.1) is 25.3 Å². The number of para-hydroxylation sites is 1. The van der Waals surface area contributed by atoms with Crippen LogP contribution in [0.1, 0.15) is 19.8 Å². The van der Waals surface area contributed by atoms with E-state index in [0.29, 0.717) is 29.2 Å². The van der Waals surface area contributed by atoms with Crippen LogP contribution in [0.4, 0.5) is 4.79 Å². The molecular formula is C22H28N9O2S+. The number of rotatable bonds is 5. The smallest absolute Gasteiger partial charge is 0.270 e. The maximum absolute atomic E-state index is 13.2. The standard InChI is InChI=1S/C22H28N9O2S/c1-15-9-11-29(12-10-15)20-23-18-17(19(32)28(3)22(33)27(18)2)30(20)13-14-34-21-24-25-26-31(21)16-7-5-4-6-8-16/h4-8,15,17H,9-14H2,1-3H3/q+1. The van der Waals surface area contributed by atoms with Gasteiger partial charge in [-0.3, -0.25) is 19.2 Å². The Morgan fingerprint density at radius 2 is 1.82 bits per heavy atom. The fourth-order valence-electron chi connectivity index (χ4n) is 4.51. The zero-order chi connectivity index (χ0) is 23.8. The van der Waals surface area contributed by atoms with E-state index < -0.39 is 6.04 Å². The maximum Gasteiger partial charge on any atom is 0.392 e. The largest absolute Gasteiger partial charge is 0.392 e. The van der Waals surface area contributed by atoms with Crippen molar-refractivity contribution in [1.82, 2.24) is 34.9 Å². The number of aliphatic imine (C=N–C) groups is 1. The lowest BCUT2D eigenvalue weighted by atomic mass is 10.0. The Hall–Kier alpha value is -3.28. The topological polar surface area (TPSA) is 103 Å². The second-order valence-corrected chi connectivity index (χ2v) is 9.89. The van der Waals surface area contributed by atoms with Crippen LogP contribution in [-0.4, -0.2) is 109 Å². The Balaban J connectivity index is 1.39. The summed E-state index contributed by atoms with van der Waals surface area (Å²) in [5.41, 5.74) is 0.890. The Bertz CT molecular complexity index is 1150. The number of fused-ring (bicyclic) bond motifs is 1. The first-order valence-electron chi connectivity index (χ1n) is 11.4. The van der Waals surface area contributed by atoms with Crippen LogP contribution >= 0.6 is 11.8 Å². The van der Waals surface area contributed by atoms with Crippen LogP contribution in [-0.2, 0) is 4.79 Å². The van der Waals surface area contributed by atoms with Crippen LogP contribution < -0.4 is 0 Å². The van der Waals surface area contributed by atoms with Gasteiger partial charge in [-0.25, -0.2) is 9.69 Å². The number of tetrazole rings is 1. The average molecular weight is 483 g/mol. The van der Waals surface area contributed by atoms with E-state index in [0.717, 1.165) is 37.6 Å². The summed E-state index contributed by atoms with van der Waals surface area (Å²) >= 11 is 1.52. The van der Waals surface area contributed by atoms with E-state index in [1.54, 1.807) is 11.7 Å². The van der Waals surface area contributed by atoms with Crippen LogP contribution in [0.3, 0.4) is 0 Å². The second kappa shape index (κ2) is 9.16. The van der Waals surface area contributed by atoms with Crippen molar-refractivity contribution in [1.29, 1.82) is 0 Å². The number of piperidine rings is 1. The molecule has 178 valence electrons. The van der Waals surface area contributed by atoms with Gasteiger partial charge in [-0.15, -0.1) is 5.10 Å². The number of likely N-dealkylation sites (N-methyl/N-ethyl adjacent to an activating group) is 2. The quantitative estimate of drug-likeness (QED) is 0.465. The van der Waals surface area contributed by atoms with Gasteiger partial charge >= 0.3 is 12.0 Å². The number of imide groups is 1. The highest BCUT2D eigenvalue weighted by atomic mass is 32.2. The first-order valence-corrected chi connectivity index (χ1v) is 12.4. The molecule has 3 aliphatic heterocycles. The third-order valence-electron chi connectivity index (χ3n) is 6.58. The van der Waals surface area contributed by atoms with Gasteiger partial charge in [-0.05, 0) is 41.3 Å². The molecule has 12 heteroatoms. The lowest BCUT2D eigenvalue weighted by molar-refractivity contribution is -0.545. The van der Waals surface area contributed by atoms with Crippen LogP contribution in [0, 0.1) is 5.92 Å². The summed E-state index contributed by atoms with van der Waals surface area (Å²) in [6.45, 7) is 4.60. The number of hydrogen-bond acceptors (Lipinski definition) is 6. The maximum atomic E-state index is 13.2. The molecule has 0 radical (unpaired) electrons. The first-order chi connectivity index (χ1) is 16.5. The Morgan fingerprint density at radius 3 is 2.56 bits per heavy atom. The molecule has 2 aromatic rings. The first kappa shape index (κ1) is 22.5. The molecule has 4 heterocycles. The normalized spacial score (nSPS) is 23.0. The highest BCUT2D eigenvalue weighted by Gasteiger charge is 2.55. The predicted octanol–water partition coefficient (Wildman–Crippen LogP) is 1.16. The van der Waals surface area contributed by atoms with Crippen molar-refractivity contribution >= 4 is 35.5 Å². The van der Waals surface area contributed by atoms with Crippen molar-refractivity contribution < 1.29 is 14.2 Å². The highest BCUT2D eigenvalue weighted by Crippen LogP contribution is 2.26. The molecule has 1 unspecified atom stereocenters. The molecule has 11 nitrogen and oxygen atoms in total. The fourth-order valence-corrected chi connectivity index (χ4v) is 5.34. The molecule has 0 spiro atoms. The fraction of sp³-hybridized carbons (Fsp3) is 0.500. The number of aromatic nitrogens is 4. The minimum atomic E-state index is -0.604. The number of amidine groups is 1. The van der Waals surface area contributed by atoms with E-state index in [9.17, 15) is 9.59 Å². The van der Waals surface area contributed by atoms with E-state index in [1.807, 2.05) is 35.2 Å². The minimum absolute atomic E-state index is 0.249. The number of carbonyl (C=O) groups is 2.